The molecule has 1 heterocycles. The molecule has 1 saturated carbocycles. The quantitative estimate of drug-likeness (QED) is 0.732. The van der Waals surface area contributed by atoms with Crippen molar-refractivity contribution in [1.82, 2.24) is 0 Å². The molecule has 1 fully saturated rings. The highest BCUT2D eigenvalue weighted by Gasteiger charge is 2.27. The number of hydrogen-bond donors (Lipinski definition) is 1. The molecule has 2 rings (SSSR count). The smallest absolute Gasteiger partial charge is 0.0116 e. The van der Waals surface area contributed by atoms with Gasteiger partial charge in [-0.1, -0.05) is 13.0 Å². The maximum atomic E-state index is 6.14. The Labute approximate surface area is 84.0 Å². The normalized spacial score (nSPS) is 34.8. The highest BCUT2D eigenvalue weighted by molar-refractivity contribution is 7.10. The molecule has 0 aliphatic heterocycles. The Morgan fingerprint density at radius 3 is 3.00 bits per heavy atom. The minimum Gasteiger partial charge on any atom is -0.327 e. The molecule has 1 aromatic heterocycles. The first kappa shape index (κ1) is 9.22. The number of thiophene rings is 1. The Bertz CT molecular complexity index is 255. The van der Waals surface area contributed by atoms with Crippen LogP contribution >= 0.6 is 11.3 Å². The molecule has 2 heteroatoms. The minimum absolute atomic E-state index is 0.398. The van der Waals surface area contributed by atoms with Crippen molar-refractivity contribution in [3.05, 3.63) is 22.4 Å². The van der Waals surface area contributed by atoms with Gasteiger partial charge in [-0.25, -0.2) is 0 Å². The predicted octanol–water partition coefficient (Wildman–Crippen LogP) is 2.98. The SMILES string of the molecule is CC1CCC(N)C(c2cccs2)C1. The zero-order chi connectivity index (χ0) is 9.26. The Morgan fingerprint density at radius 1 is 1.46 bits per heavy atom. The molecule has 0 radical (unpaired) electrons. The largest absolute Gasteiger partial charge is 0.327 e. The summed E-state index contributed by atoms with van der Waals surface area (Å²) in [7, 11) is 0. The molecule has 0 amide bonds. The summed E-state index contributed by atoms with van der Waals surface area (Å²) in [6.45, 7) is 2.34. The van der Waals surface area contributed by atoms with Crippen LogP contribution in [0.5, 0.6) is 0 Å². The predicted molar refractivity (Wildman–Crippen MR) is 58.1 cm³/mol. The van der Waals surface area contributed by atoms with E-state index in [-0.39, 0.29) is 0 Å². The standard InChI is InChI=1S/C11H17NS/c1-8-4-5-10(12)9(7-8)11-3-2-6-13-11/h2-3,6,8-10H,4-5,7,12H2,1H3. The van der Waals surface area contributed by atoms with Gasteiger partial charge >= 0.3 is 0 Å². The maximum Gasteiger partial charge on any atom is 0.0116 e. The second-order valence-electron chi connectivity index (χ2n) is 4.20. The zero-order valence-electron chi connectivity index (χ0n) is 8.07. The summed E-state index contributed by atoms with van der Waals surface area (Å²) in [5.41, 5.74) is 6.14. The van der Waals surface area contributed by atoms with Crippen LogP contribution in [-0.4, -0.2) is 6.04 Å². The zero-order valence-corrected chi connectivity index (χ0v) is 8.89. The Morgan fingerprint density at radius 2 is 2.31 bits per heavy atom. The molecule has 0 aromatic carbocycles. The lowest BCUT2D eigenvalue weighted by molar-refractivity contribution is 0.309. The van der Waals surface area contributed by atoms with Gasteiger partial charge in [0.25, 0.3) is 0 Å². The van der Waals surface area contributed by atoms with Crippen molar-refractivity contribution >= 4 is 11.3 Å². The molecule has 1 aliphatic carbocycles. The summed E-state index contributed by atoms with van der Waals surface area (Å²) in [6.07, 6.45) is 3.79. The van der Waals surface area contributed by atoms with Crippen LogP contribution in [0.4, 0.5) is 0 Å². The topological polar surface area (TPSA) is 26.0 Å². The van der Waals surface area contributed by atoms with Gasteiger partial charge in [0.05, 0.1) is 0 Å². The van der Waals surface area contributed by atoms with Crippen LogP contribution in [0.1, 0.15) is 37.0 Å². The second-order valence-corrected chi connectivity index (χ2v) is 5.18. The van der Waals surface area contributed by atoms with E-state index in [2.05, 4.69) is 24.4 Å². The van der Waals surface area contributed by atoms with Crippen molar-refractivity contribution in [2.75, 3.05) is 0 Å². The molecule has 1 aliphatic rings. The Balaban J connectivity index is 2.12. The highest BCUT2D eigenvalue weighted by atomic mass is 32.1. The van der Waals surface area contributed by atoms with Gasteiger partial charge in [0.2, 0.25) is 0 Å². The van der Waals surface area contributed by atoms with Crippen LogP contribution in [-0.2, 0) is 0 Å². The van der Waals surface area contributed by atoms with E-state index < -0.39 is 0 Å². The van der Waals surface area contributed by atoms with Gasteiger partial charge in [-0.3, -0.25) is 0 Å². The van der Waals surface area contributed by atoms with Crippen LogP contribution in [0.3, 0.4) is 0 Å². The first-order chi connectivity index (χ1) is 6.27. The summed E-state index contributed by atoms with van der Waals surface area (Å²) >= 11 is 1.86. The molecule has 2 N–H and O–H groups in total. The van der Waals surface area contributed by atoms with E-state index in [9.17, 15) is 0 Å². The molecule has 3 unspecified atom stereocenters. The van der Waals surface area contributed by atoms with E-state index in [4.69, 9.17) is 5.73 Å². The van der Waals surface area contributed by atoms with E-state index in [0.717, 1.165) is 5.92 Å². The van der Waals surface area contributed by atoms with Crippen molar-refractivity contribution < 1.29 is 0 Å². The fraction of sp³-hybridized carbons (Fsp3) is 0.636. The summed E-state index contributed by atoms with van der Waals surface area (Å²) in [5.74, 6) is 1.48. The fourth-order valence-corrected chi connectivity index (χ4v) is 3.15. The first-order valence-corrected chi connectivity index (χ1v) is 5.94. The Hall–Kier alpha value is -0.340. The Kier molecular flexibility index (Phi) is 2.70. The van der Waals surface area contributed by atoms with Gasteiger partial charge in [0.1, 0.15) is 0 Å². The molecule has 3 atom stereocenters. The van der Waals surface area contributed by atoms with E-state index >= 15 is 0 Å². The van der Waals surface area contributed by atoms with Crippen LogP contribution in [0.25, 0.3) is 0 Å². The monoisotopic (exact) mass is 195 g/mol. The molecule has 0 bridgehead atoms. The van der Waals surface area contributed by atoms with Gasteiger partial charge in [0.15, 0.2) is 0 Å². The summed E-state index contributed by atoms with van der Waals surface area (Å²) in [4.78, 5) is 1.49. The molecular formula is C11H17NS. The molecule has 72 valence electrons. The van der Waals surface area contributed by atoms with Crippen molar-refractivity contribution in [2.45, 2.75) is 38.1 Å². The highest BCUT2D eigenvalue weighted by Crippen LogP contribution is 2.36. The van der Waals surface area contributed by atoms with Gasteiger partial charge in [-0.05, 0) is 36.6 Å². The van der Waals surface area contributed by atoms with Crippen LogP contribution in [0.15, 0.2) is 17.5 Å². The lowest BCUT2D eigenvalue weighted by Gasteiger charge is -2.31. The lowest BCUT2D eigenvalue weighted by atomic mass is 9.78. The molecule has 1 nitrogen and oxygen atoms in total. The average molecular weight is 195 g/mol. The summed E-state index contributed by atoms with van der Waals surface area (Å²) in [5, 5.41) is 2.15. The van der Waals surface area contributed by atoms with E-state index in [1.807, 2.05) is 11.3 Å². The molecule has 0 saturated heterocycles. The van der Waals surface area contributed by atoms with Gasteiger partial charge in [0, 0.05) is 16.8 Å². The van der Waals surface area contributed by atoms with Crippen LogP contribution < -0.4 is 5.73 Å². The van der Waals surface area contributed by atoms with Gasteiger partial charge in [-0.2, -0.15) is 0 Å². The second kappa shape index (κ2) is 3.81. The van der Waals surface area contributed by atoms with Crippen molar-refractivity contribution in [3.63, 3.8) is 0 Å². The van der Waals surface area contributed by atoms with E-state index in [1.165, 1.54) is 24.1 Å². The van der Waals surface area contributed by atoms with Crippen LogP contribution in [0, 0.1) is 5.92 Å². The summed E-state index contributed by atoms with van der Waals surface area (Å²) in [6, 6.07) is 4.76. The van der Waals surface area contributed by atoms with E-state index in [0.29, 0.717) is 12.0 Å². The minimum atomic E-state index is 0.398. The van der Waals surface area contributed by atoms with Crippen molar-refractivity contribution in [1.29, 1.82) is 0 Å². The number of nitrogens with two attached hydrogens (primary N) is 1. The van der Waals surface area contributed by atoms with E-state index in [1.54, 1.807) is 0 Å². The molecule has 1 aromatic rings. The fourth-order valence-electron chi connectivity index (χ4n) is 2.23. The molecule has 0 spiro atoms. The first-order valence-electron chi connectivity index (χ1n) is 5.06. The van der Waals surface area contributed by atoms with Crippen molar-refractivity contribution in [2.24, 2.45) is 11.7 Å². The molecular weight excluding hydrogens is 178 g/mol. The summed E-state index contributed by atoms with van der Waals surface area (Å²) < 4.78 is 0. The maximum absolute atomic E-state index is 6.14. The van der Waals surface area contributed by atoms with Gasteiger partial charge < -0.3 is 5.73 Å². The lowest BCUT2D eigenvalue weighted by Crippen LogP contribution is -2.33. The van der Waals surface area contributed by atoms with Crippen molar-refractivity contribution in [3.8, 4) is 0 Å². The third-order valence-electron chi connectivity index (χ3n) is 3.07. The third-order valence-corrected chi connectivity index (χ3v) is 4.08. The van der Waals surface area contributed by atoms with Gasteiger partial charge in [-0.15, -0.1) is 11.3 Å². The average Bonchev–Trinajstić information content (AvgIpc) is 2.61. The number of hydrogen-bond acceptors (Lipinski definition) is 2. The van der Waals surface area contributed by atoms with Crippen LogP contribution in [0.2, 0.25) is 0 Å². The third kappa shape index (κ3) is 1.94. The number of rotatable bonds is 1. The molecule has 13 heavy (non-hydrogen) atoms.